The van der Waals surface area contributed by atoms with E-state index in [4.69, 9.17) is 15.1 Å². The minimum atomic E-state index is 0.319. The Balaban J connectivity index is 2.08. The van der Waals surface area contributed by atoms with Gasteiger partial charge >= 0.3 is 0 Å². The molecule has 2 heterocycles. The zero-order valence-corrected chi connectivity index (χ0v) is 12.6. The van der Waals surface area contributed by atoms with Gasteiger partial charge in [-0.15, -0.1) is 0 Å². The molecule has 0 aliphatic heterocycles. The fourth-order valence-corrected chi connectivity index (χ4v) is 2.49. The van der Waals surface area contributed by atoms with Gasteiger partial charge in [-0.3, -0.25) is 0 Å². The van der Waals surface area contributed by atoms with Gasteiger partial charge in [-0.05, 0) is 18.2 Å². The van der Waals surface area contributed by atoms with E-state index in [1.54, 1.807) is 6.20 Å². The monoisotopic (exact) mass is 284 g/mol. The van der Waals surface area contributed by atoms with Crippen LogP contribution in [0.25, 0.3) is 11.0 Å². The van der Waals surface area contributed by atoms with Gasteiger partial charge in [-0.2, -0.15) is 0 Å². The molecule has 21 heavy (non-hydrogen) atoms. The third kappa shape index (κ3) is 2.51. The Morgan fingerprint density at radius 1 is 1.33 bits per heavy atom. The van der Waals surface area contributed by atoms with Crippen LogP contribution in [0.2, 0.25) is 0 Å². The van der Waals surface area contributed by atoms with Crippen LogP contribution >= 0.6 is 0 Å². The van der Waals surface area contributed by atoms with Crippen LogP contribution in [-0.4, -0.2) is 14.5 Å². The summed E-state index contributed by atoms with van der Waals surface area (Å²) in [5, 5.41) is 0. The molecular formula is C16H20N4O. The van der Waals surface area contributed by atoms with Crippen molar-refractivity contribution in [1.29, 1.82) is 0 Å². The predicted molar refractivity (Wildman–Crippen MR) is 83.2 cm³/mol. The number of rotatable bonds is 4. The van der Waals surface area contributed by atoms with Crippen LogP contribution in [0.1, 0.15) is 44.2 Å². The SMILES string of the molecule is CCc1cnc(Cn2c(C(C)C)nc3cc(N)ccc32)o1. The van der Waals surface area contributed by atoms with Crippen molar-refractivity contribution in [2.45, 2.75) is 39.7 Å². The summed E-state index contributed by atoms with van der Waals surface area (Å²) >= 11 is 0. The van der Waals surface area contributed by atoms with Crippen molar-refractivity contribution in [3.05, 3.63) is 41.9 Å². The number of anilines is 1. The molecule has 3 rings (SSSR count). The first-order valence-electron chi connectivity index (χ1n) is 7.27. The van der Waals surface area contributed by atoms with Crippen molar-refractivity contribution >= 4 is 16.7 Å². The van der Waals surface area contributed by atoms with Gasteiger partial charge in [0.25, 0.3) is 0 Å². The Hall–Kier alpha value is -2.30. The number of hydrogen-bond donors (Lipinski definition) is 1. The van der Waals surface area contributed by atoms with Crippen LogP contribution in [0.3, 0.4) is 0 Å². The molecule has 0 unspecified atom stereocenters. The summed E-state index contributed by atoms with van der Waals surface area (Å²) in [5.41, 5.74) is 8.56. The Labute approximate surface area is 123 Å². The summed E-state index contributed by atoms with van der Waals surface area (Å²) < 4.78 is 7.89. The van der Waals surface area contributed by atoms with Crippen LogP contribution in [0.4, 0.5) is 5.69 Å². The second kappa shape index (κ2) is 5.24. The van der Waals surface area contributed by atoms with Gasteiger partial charge in [-0.1, -0.05) is 20.8 Å². The molecule has 0 amide bonds. The van der Waals surface area contributed by atoms with Crippen LogP contribution < -0.4 is 5.73 Å². The maximum absolute atomic E-state index is 5.85. The molecule has 0 bridgehead atoms. The highest BCUT2D eigenvalue weighted by Crippen LogP contribution is 2.24. The lowest BCUT2D eigenvalue weighted by Gasteiger charge is -2.09. The molecular weight excluding hydrogens is 264 g/mol. The molecule has 1 aromatic carbocycles. The van der Waals surface area contributed by atoms with E-state index in [2.05, 4.69) is 30.3 Å². The standard InChI is InChI=1S/C16H20N4O/c1-4-12-8-18-15(21-12)9-20-14-6-5-11(17)7-13(14)19-16(20)10(2)3/h5-8,10H,4,9,17H2,1-3H3. The quantitative estimate of drug-likeness (QED) is 0.746. The molecule has 0 aliphatic carbocycles. The topological polar surface area (TPSA) is 69.9 Å². The Morgan fingerprint density at radius 2 is 2.14 bits per heavy atom. The Bertz CT molecular complexity index is 770. The van der Waals surface area contributed by atoms with Crippen LogP contribution in [-0.2, 0) is 13.0 Å². The molecule has 0 atom stereocenters. The molecule has 0 saturated heterocycles. The van der Waals surface area contributed by atoms with Crippen molar-refractivity contribution in [3.63, 3.8) is 0 Å². The van der Waals surface area contributed by atoms with E-state index in [0.29, 0.717) is 18.4 Å². The first kappa shape index (κ1) is 13.7. The highest BCUT2D eigenvalue weighted by molar-refractivity contribution is 5.79. The maximum Gasteiger partial charge on any atom is 0.214 e. The van der Waals surface area contributed by atoms with E-state index in [0.717, 1.165) is 34.7 Å². The van der Waals surface area contributed by atoms with Gasteiger partial charge in [0.15, 0.2) is 0 Å². The predicted octanol–water partition coefficient (Wildman–Crippen LogP) is 3.34. The molecule has 5 heteroatoms. The molecule has 0 spiro atoms. The molecule has 0 fully saturated rings. The number of fused-ring (bicyclic) bond motifs is 1. The minimum Gasteiger partial charge on any atom is -0.444 e. The van der Waals surface area contributed by atoms with Gasteiger partial charge in [0.2, 0.25) is 5.89 Å². The second-order valence-corrected chi connectivity index (χ2v) is 5.53. The highest BCUT2D eigenvalue weighted by atomic mass is 16.4. The number of benzene rings is 1. The van der Waals surface area contributed by atoms with Crippen molar-refractivity contribution in [2.24, 2.45) is 0 Å². The van der Waals surface area contributed by atoms with Crippen molar-refractivity contribution in [3.8, 4) is 0 Å². The molecule has 0 saturated carbocycles. The summed E-state index contributed by atoms with van der Waals surface area (Å²) in [4.78, 5) is 9.06. The smallest absolute Gasteiger partial charge is 0.214 e. The molecule has 3 aromatic rings. The van der Waals surface area contributed by atoms with Gasteiger partial charge in [0.05, 0.1) is 17.2 Å². The van der Waals surface area contributed by atoms with E-state index >= 15 is 0 Å². The Morgan fingerprint density at radius 3 is 2.81 bits per heavy atom. The number of imidazole rings is 1. The van der Waals surface area contributed by atoms with Crippen molar-refractivity contribution in [2.75, 3.05) is 5.73 Å². The van der Waals surface area contributed by atoms with E-state index in [1.165, 1.54) is 0 Å². The van der Waals surface area contributed by atoms with Crippen molar-refractivity contribution < 1.29 is 4.42 Å². The largest absolute Gasteiger partial charge is 0.444 e. The number of nitrogens with zero attached hydrogens (tertiary/aromatic N) is 3. The summed E-state index contributed by atoms with van der Waals surface area (Å²) in [5.74, 6) is 2.96. The number of nitrogens with two attached hydrogens (primary N) is 1. The van der Waals surface area contributed by atoms with E-state index in [-0.39, 0.29) is 0 Å². The third-order valence-corrected chi connectivity index (χ3v) is 3.56. The zero-order chi connectivity index (χ0) is 15.0. The van der Waals surface area contributed by atoms with Gasteiger partial charge in [-0.25, -0.2) is 9.97 Å². The lowest BCUT2D eigenvalue weighted by molar-refractivity contribution is 0.444. The van der Waals surface area contributed by atoms with E-state index < -0.39 is 0 Å². The summed E-state index contributed by atoms with van der Waals surface area (Å²) in [6, 6.07) is 5.82. The number of aryl methyl sites for hydroxylation is 1. The highest BCUT2D eigenvalue weighted by Gasteiger charge is 2.16. The summed E-state index contributed by atoms with van der Waals surface area (Å²) in [6.07, 6.45) is 2.65. The normalized spacial score (nSPS) is 11.6. The minimum absolute atomic E-state index is 0.319. The summed E-state index contributed by atoms with van der Waals surface area (Å²) in [6.45, 7) is 6.91. The van der Waals surface area contributed by atoms with E-state index in [9.17, 15) is 0 Å². The van der Waals surface area contributed by atoms with Gasteiger partial charge < -0.3 is 14.7 Å². The number of oxazole rings is 1. The van der Waals surface area contributed by atoms with Crippen molar-refractivity contribution in [1.82, 2.24) is 14.5 Å². The average molecular weight is 284 g/mol. The molecule has 2 aromatic heterocycles. The molecule has 110 valence electrons. The Kier molecular flexibility index (Phi) is 3.41. The molecule has 0 radical (unpaired) electrons. The van der Waals surface area contributed by atoms with Gasteiger partial charge in [0.1, 0.15) is 18.1 Å². The fourth-order valence-electron chi connectivity index (χ4n) is 2.49. The molecule has 5 nitrogen and oxygen atoms in total. The van der Waals surface area contributed by atoms with Crippen LogP contribution in [0.5, 0.6) is 0 Å². The maximum atomic E-state index is 5.85. The third-order valence-electron chi connectivity index (χ3n) is 3.56. The van der Waals surface area contributed by atoms with E-state index in [1.807, 2.05) is 18.2 Å². The first-order valence-corrected chi connectivity index (χ1v) is 7.27. The second-order valence-electron chi connectivity index (χ2n) is 5.53. The fraction of sp³-hybridized carbons (Fsp3) is 0.375. The number of nitrogen functional groups attached to an aromatic ring is 1. The zero-order valence-electron chi connectivity index (χ0n) is 12.6. The van der Waals surface area contributed by atoms with Gasteiger partial charge in [0, 0.05) is 18.0 Å². The first-order chi connectivity index (χ1) is 10.1. The number of hydrogen-bond acceptors (Lipinski definition) is 4. The van der Waals surface area contributed by atoms with Crippen LogP contribution in [0.15, 0.2) is 28.8 Å². The molecule has 0 aliphatic rings. The lowest BCUT2D eigenvalue weighted by Crippen LogP contribution is -2.06. The lowest BCUT2D eigenvalue weighted by atomic mass is 10.2. The van der Waals surface area contributed by atoms with Crippen LogP contribution in [0, 0.1) is 0 Å². The number of aromatic nitrogens is 3. The average Bonchev–Trinajstić information content (AvgIpc) is 3.04. The molecule has 2 N–H and O–H groups in total. The summed E-state index contributed by atoms with van der Waals surface area (Å²) in [7, 11) is 0.